The fraction of sp³-hybridized carbons (Fsp3) is 0.0588. The van der Waals surface area contributed by atoms with E-state index in [1.54, 1.807) is 35.3 Å². The third kappa shape index (κ3) is 3.95. The molecule has 2 aromatic carbocycles. The second-order valence-electron chi connectivity index (χ2n) is 5.49. The van der Waals surface area contributed by atoms with Gasteiger partial charge in [-0.15, -0.1) is 0 Å². The molecule has 0 radical (unpaired) electrons. The number of carbonyl (C=O) groups is 1. The second-order valence-corrected chi connectivity index (χ2v) is 7.05. The lowest BCUT2D eigenvalue weighted by atomic mass is 10.1. The summed E-state index contributed by atoms with van der Waals surface area (Å²) in [5.74, 6) is -1.56. The molecule has 0 aliphatic carbocycles. The van der Waals surface area contributed by atoms with Crippen LogP contribution in [0.25, 0.3) is 5.69 Å². The largest absolute Gasteiger partial charge is 0.348 e. The van der Waals surface area contributed by atoms with E-state index in [1.807, 2.05) is 12.1 Å². The number of hydrogen-bond donors (Lipinski definition) is 2. The first-order chi connectivity index (χ1) is 12.3. The van der Waals surface area contributed by atoms with Crippen LogP contribution in [0.4, 0.5) is 4.39 Å². The van der Waals surface area contributed by atoms with Crippen molar-refractivity contribution in [3.05, 3.63) is 77.9 Å². The zero-order chi connectivity index (χ0) is 18.7. The van der Waals surface area contributed by atoms with Crippen molar-refractivity contribution in [3.8, 4) is 5.69 Å². The molecule has 0 saturated heterocycles. The Morgan fingerprint density at radius 1 is 1.19 bits per heavy atom. The number of sulfonamides is 1. The van der Waals surface area contributed by atoms with E-state index in [2.05, 4.69) is 10.4 Å². The van der Waals surface area contributed by atoms with E-state index in [9.17, 15) is 17.6 Å². The van der Waals surface area contributed by atoms with E-state index in [-0.39, 0.29) is 17.0 Å². The molecule has 0 spiro atoms. The molecule has 0 bridgehead atoms. The minimum Gasteiger partial charge on any atom is -0.348 e. The average molecular weight is 374 g/mol. The van der Waals surface area contributed by atoms with Gasteiger partial charge < -0.3 is 5.32 Å². The molecule has 0 unspecified atom stereocenters. The van der Waals surface area contributed by atoms with Crippen molar-refractivity contribution in [2.75, 3.05) is 0 Å². The Hall–Kier alpha value is -3.04. The van der Waals surface area contributed by atoms with Gasteiger partial charge >= 0.3 is 0 Å². The van der Waals surface area contributed by atoms with Crippen LogP contribution in [0.1, 0.15) is 15.9 Å². The van der Waals surface area contributed by atoms with Gasteiger partial charge in [-0.1, -0.05) is 12.1 Å². The number of halogens is 1. The highest BCUT2D eigenvalue weighted by molar-refractivity contribution is 7.89. The van der Waals surface area contributed by atoms with Crippen LogP contribution < -0.4 is 10.5 Å². The number of carbonyl (C=O) groups excluding carboxylic acids is 1. The molecule has 0 aliphatic rings. The number of rotatable bonds is 5. The zero-order valence-corrected chi connectivity index (χ0v) is 14.3. The molecule has 3 aromatic rings. The monoisotopic (exact) mass is 374 g/mol. The zero-order valence-electron chi connectivity index (χ0n) is 13.5. The molecule has 0 fully saturated rings. The van der Waals surface area contributed by atoms with Crippen molar-refractivity contribution in [2.45, 2.75) is 11.4 Å². The summed E-state index contributed by atoms with van der Waals surface area (Å²) in [6.45, 7) is 0.150. The average Bonchev–Trinajstić information content (AvgIpc) is 3.14. The van der Waals surface area contributed by atoms with Crippen LogP contribution in [-0.2, 0) is 16.6 Å². The lowest BCUT2D eigenvalue weighted by molar-refractivity contribution is 0.0946. The van der Waals surface area contributed by atoms with Crippen LogP contribution in [0, 0.1) is 5.82 Å². The van der Waals surface area contributed by atoms with Crippen molar-refractivity contribution in [2.24, 2.45) is 5.14 Å². The smallest absolute Gasteiger partial charge is 0.254 e. The molecule has 9 heteroatoms. The normalized spacial score (nSPS) is 11.3. The number of nitrogens with one attached hydrogen (secondary N) is 1. The predicted octanol–water partition coefficient (Wildman–Crippen LogP) is 1.59. The number of primary sulfonamides is 1. The molecule has 3 N–H and O–H groups in total. The molecule has 0 saturated carbocycles. The van der Waals surface area contributed by atoms with E-state index in [1.165, 1.54) is 0 Å². The molecule has 26 heavy (non-hydrogen) atoms. The molecular weight excluding hydrogens is 359 g/mol. The predicted molar refractivity (Wildman–Crippen MR) is 92.5 cm³/mol. The van der Waals surface area contributed by atoms with Gasteiger partial charge in [0.15, 0.2) is 0 Å². The quantitative estimate of drug-likeness (QED) is 0.707. The maximum absolute atomic E-state index is 13.8. The van der Waals surface area contributed by atoms with Gasteiger partial charge in [0, 0.05) is 18.9 Å². The standard InChI is InChI=1S/C17H15FN4O3S/c18-16-7-6-14(26(19,24)25)10-15(16)17(23)20-11-12-2-4-13(5-3-12)22-9-1-8-21-22/h1-10H,11H2,(H,20,23)(H2,19,24,25). The van der Waals surface area contributed by atoms with Crippen molar-refractivity contribution in [1.29, 1.82) is 0 Å². The van der Waals surface area contributed by atoms with Crippen molar-refractivity contribution in [3.63, 3.8) is 0 Å². The molecule has 1 heterocycles. The Morgan fingerprint density at radius 2 is 1.92 bits per heavy atom. The fourth-order valence-corrected chi connectivity index (χ4v) is 2.86. The topological polar surface area (TPSA) is 107 Å². The Balaban J connectivity index is 1.71. The molecule has 134 valence electrons. The Labute approximate surface area is 149 Å². The maximum atomic E-state index is 13.8. The summed E-state index contributed by atoms with van der Waals surface area (Å²) in [6.07, 6.45) is 3.47. The summed E-state index contributed by atoms with van der Waals surface area (Å²) in [4.78, 5) is 11.8. The Kier molecular flexibility index (Phi) is 4.83. The summed E-state index contributed by atoms with van der Waals surface area (Å²) in [5, 5.41) is 11.7. The van der Waals surface area contributed by atoms with Crippen molar-refractivity contribution >= 4 is 15.9 Å². The first-order valence-corrected chi connectivity index (χ1v) is 9.09. The number of benzene rings is 2. The number of nitrogens with two attached hydrogens (primary N) is 1. The summed E-state index contributed by atoms with van der Waals surface area (Å²) in [6, 6.07) is 11.9. The van der Waals surface area contributed by atoms with Crippen LogP contribution in [-0.4, -0.2) is 24.1 Å². The highest BCUT2D eigenvalue weighted by atomic mass is 32.2. The van der Waals surface area contributed by atoms with E-state index >= 15 is 0 Å². The lowest BCUT2D eigenvalue weighted by Gasteiger charge is -2.08. The minimum absolute atomic E-state index is 0.150. The van der Waals surface area contributed by atoms with Gasteiger partial charge in [0.05, 0.1) is 16.1 Å². The van der Waals surface area contributed by atoms with E-state index in [0.29, 0.717) is 0 Å². The van der Waals surface area contributed by atoms with E-state index in [4.69, 9.17) is 5.14 Å². The van der Waals surface area contributed by atoms with Crippen LogP contribution in [0.5, 0.6) is 0 Å². The number of hydrogen-bond acceptors (Lipinski definition) is 4. The third-order valence-corrected chi connectivity index (χ3v) is 4.58. The highest BCUT2D eigenvalue weighted by Crippen LogP contribution is 2.14. The summed E-state index contributed by atoms with van der Waals surface area (Å²) in [7, 11) is -4.02. The van der Waals surface area contributed by atoms with Gasteiger partial charge in [0.2, 0.25) is 10.0 Å². The van der Waals surface area contributed by atoms with Crippen LogP contribution >= 0.6 is 0 Å². The van der Waals surface area contributed by atoms with Gasteiger partial charge in [-0.3, -0.25) is 4.79 Å². The molecular formula is C17H15FN4O3S. The third-order valence-electron chi connectivity index (χ3n) is 3.67. The molecule has 3 rings (SSSR count). The first-order valence-electron chi connectivity index (χ1n) is 7.54. The molecule has 7 nitrogen and oxygen atoms in total. The minimum atomic E-state index is -4.02. The van der Waals surface area contributed by atoms with Crippen LogP contribution in [0.15, 0.2) is 65.8 Å². The molecule has 0 atom stereocenters. The van der Waals surface area contributed by atoms with E-state index in [0.717, 1.165) is 29.4 Å². The Morgan fingerprint density at radius 3 is 2.54 bits per heavy atom. The molecule has 1 aromatic heterocycles. The summed E-state index contributed by atoms with van der Waals surface area (Å²) < 4.78 is 38.2. The number of amides is 1. The number of aromatic nitrogens is 2. The van der Waals surface area contributed by atoms with Gasteiger partial charge in [0.1, 0.15) is 5.82 Å². The SMILES string of the molecule is NS(=O)(=O)c1ccc(F)c(C(=O)NCc2ccc(-n3cccn3)cc2)c1. The van der Waals surface area contributed by atoms with Crippen LogP contribution in [0.2, 0.25) is 0 Å². The highest BCUT2D eigenvalue weighted by Gasteiger charge is 2.16. The van der Waals surface area contributed by atoms with E-state index < -0.39 is 21.7 Å². The second kappa shape index (κ2) is 7.06. The first kappa shape index (κ1) is 17.8. The maximum Gasteiger partial charge on any atom is 0.254 e. The fourth-order valence-electron chi connectivity index (χ4n) is 2.32. The van der Waals surface area contributed by atoms with Crippen molar-refractivity contribution in [1.82, 2.24) is 15.1 Å². The van der Waals surface area contributed by atoms with Crippen LogP contribution in [0.3, 0.4) is 0 Å². The van der Waals surface area contributed by atoms with Gasteiger partial charge in [0.25, 0.3) is 5.91 Å². The number of nitrogens with zero attached hydrogens (tertiary/aromatic N) is 2. The summed E-state index contributed by atoms with van der Waals surface area (Å²) in [5.41, 5.74) is 1.26. The molecule has 0 aliphatic heterocycles. The summed E-state index contributed by atoms with van der Waals surface area (Å²) >= 11 is 0. The lowest BCUT2D eigenvalue weighted by Crippen LogP contribution is -2.24. The van der Waals surface area contributed by atoms with Gasteiger partial charge in [-0.25, -0.2) is 22.6 Å². The molecule has 1 amide bonds. The van der Waals surface area contributed by atoms with Gasteiger partial charge in [-0.2, -0.15) is 5.10 Å². The van der Waals surface area contributed by atoms with Gasteiger partial charge in [-0.05, 0) is 42.0 Å². The van der Waals surface area contributed by atoms with Crippen molar-refractivity contribution < 1.29 is 17.6 Å². The Bertz CT molecular complexity index is 1030.